The minimum absolute atomic E-state index is 0.0273. The first-order valence-electron chi connectivity index (χ1n) is 5.35. The van der Waals surface area contributed by atoms with Crippen molar-refractivity contribution in [3.8, 4) is 0 Å². The van der Waals surface area contributed by atoms with Crippen LogP contribution in [0.25, 0.3) is 0 Å². The van der Waals surface area contributed by atoms with Crippen LogP contribution < -0.4 is 10.6 Å². The number of benzene rings is 1. The average molecular weight is 218 g/mol. The van der Waals surface area contributed by atoms with Gasteiger partial charge in [-0.05, 0) is 26.0 Å². The number of hydrogen-bond acceptors (Lipinski definition) is 2. The van der Waals surface area contributed by atoms with Crippen molar-refractivity contribution in [3.05, 3.63) is 42.5 Å². The molecule has 0 heterocycles. The number of rotatable bonds is 5. The third-order valence-electron chi connectivity index (χ3n) is 2.25. The molecule has 0 saturated heterocycles. The van der Waals surface area contributed by atoms with Crippen LogP contribution in [0, 0.1) is 6.92 Å². The van der Waals surface area contributed by atoms with Gasteiger partial charge in [-0.3, -0.25) is 4.79 Å². The predicted molar refractivity (Wildman–Crippen MR) is 67.5 cm³/mol. The molecule has 1 atom stereocenters. The Balaban J connectivity index is 2.50. The summed E-state index contributed by atoms with van der Waals surface area (Å²) in [5.74, 6) is -0.0273. The molecule has 1 amide bonds. The number of hydrogen-bond donors (Lipinski definition) is 2. The van der Waals surface area contributed by atoms with Crippen LogP contribution in [0.1, 0.15) is 12.5 Å². The van der Waals surface area contributed by atoms with Gasteiger partial charge in [0.15, 0.2) is 0 Å². The Morgan fingerprint density at radius 1 is 1.44 bits per heavy atom. The van der Waals surface area contributed by atoms with Gasteiger partial charge in [0, 0.05) is 12.2 Å². The van der Waals surface area contributed by atoms with E-state index in [-0.39, 0.29) is 11.9 Å². The summed E-state index contributed by atoms with van der Waals surface area (Å²) in [4.78, 5) is 11.6. The highest BCUT2D eigenvalue weighted by molar-refractivity contribution is 5.84. The van der Waals surface area contributed by atoms with Gasteiger partial charge in [0.1, 0.15) is 6.04 Å². The lowest BCUT2D eigenvalue weighted by Gasteiger charge is -2.14. The Morgan fingerprint density at radius 2 is 2.06 bits per heavy atom. The van der Waals surface area contributed by atoms with Crippen LogP contribution in [0.4, 0.5) is 5.69 Å². The van der Waals surface area contributed by atoms with Crippen LogP contribution in [0.15, 0.2) is 36.9 Å². The molecule has 1 unspecified atom stereocenters. The smallest absolute Gasteiger partial charge is 0.242 e. The largest absolute Gasteiger partial charge is 0.374 e. The van der Waals surface area contributed by atoms with Gasteiger partial charge >= 0.3 is 0 Å². The summed E-state index contributed by atoms with van der Waals surface area (Å²) in [6.07, 6.45) is 1.66. The van der Waals surface area contributed by atoms with Crippen molar-refractivity contribution < 1.29 is 4.79 Å². The SMILES string of the molecule is C=CCNC(=O)C(C)Nc1ccc(C)cc1. The standard InChI is InChI=1S/C13H18N2O/c1-4-9-14-13(16)11(3)15-12-7-5-10(2)6-8-12/h4-8,11,15H,1,9H2,2-3H3,(H,14,16). The van der Waals surface area contributed by atoms with Crippen molar-refractivity contribution in [2.24, 2.45) is 0 Å². The van der Waals surface area contributed by atoms with Gasteiger partial charge in [-0.2, -0.15) is 0 Å². The lowest BCUT2D eigenvalue weighted by atomic mass is 10.2. The Kier molecular flexibility index (Phi) is 4.58. The zero-order chi connectivity index (χ0) is 12.0. The Bertz CT molecular complexity index is 357. The monoisotopic (exact) mass is 218 g/mol. The second-order valence-corrected chi connectivity index (χ2v) is 3.77. The molecule has 86 valence electrons. The van der Waals surface area contributed by atoms with Gasteiger partial charge in [-0.1, -0.05) is 23.8 Å². The van der Waals surface area contributed by atoms with Crippen molar-refractivity contribution in [2.45, 2.75) is 19.9 Å². The summed E-state index contributed by atoms with van der Waals surface area (Å²) in [5.41, 5.74) is 2.15. The fraction of sp³-hybridized carbons (Fsp3) is 0.308. The molecule has 0 spiro atoms. The molecule has 16 heavy (non-hydrogen) atoms. The molecule has 1 aromatic rings. The van der Waals surface area contributed by atoms with Crippen LogP contribution in [0.2, 0.25) is 0 Å². The molecular weight excluding hydrogens is 200 g/mol. The van der Waals surface area contributed by atoms with Crippen LogP contribution in [0.3, 0.4) is 0 Å². The molecule has 0 radical (unpaired) electrons. The van der Waals surface area contributed by atoms with E-state index in [1.807, 2.05) is 38.1 Å². The fourth-order valence-electron chi connectivity index (χ4n) is 1.29. The molecule has 3 nitrogen and oxygen atoms in total. The number of anilines is 1. The molecule has 0 saturated carbocycles. The number of amides is 1. The van der Waals surface area contributed by atoms with E-state index in [0.717, 1.165) is 5.69 Å². The van der Waals surface area contributed by atoms with Gasteiger partial charge in [0.2, 0.25) is 5.91 Å². The van der Waals surface area contributed by atoms with E-state index in [1.54, 1.807) is 6.08 Å². The van der Waals surface area contributed by atoms with Crippen LogP contribution >= 0.6 is 0 Å². The molecule has 3 heteroatoms. The fourth-order valence-corrected chi connectivity index (χ4v) is 1.29. The number of carbonyl (C=O) groups excluding carboxylic acids is 1. The molecule has 0 aromatic heterocycles. The highest BCUT2D eigenvalue weighted by Crippen LogP contribution is 2.09. The number of carbonyl (C=O) groups is 1. The first-order valence-corrected chi connectivity index (χ1v) is 5.35. The lowest BCUT2D eigenvalue weighted by molar-refractivity contribution is -0.121. The zero-order valence-electron chi connectivity index (χ0n) is 9.79. The second-order valence-electron chi connectivity index (χ2n) is 3.77. The number of nitrogens with one attached hydrogen (secondary N) is 2. The quantitative estimate of drug-likeness (QED) is 0.743. The van der Waals surface area contributed by atoms with E-state index in [4.69, 9.17) is 0 Å². The van der Waals surface area contributed by atoms with Crippen molar-refractivity contribution >= 4 is 11.6 Å². The second kappa shape index (κ2) is 5.95. The highest BCUT2D eigenvalue weighted by atomic mass is 16.2. The first kappa shape index (κ1) is 12.3. The van der Waals surface area contributed by atoms with Crippen molar-refractivity contribution in [3.63, 3.8) is 0 Å². The van der Waals surface area contributed by atoms with Gasteiger partial charge < -0.3 is 10.6 Å². The maximum Gasteiger partial charge on any atom is 0.242 e. The predicted octanol–water partition coefficient (Wildman–Crippen LogP) is 2.10. The molecule has 0 aliphatic heterocycles. The van der Waals surface area contributed by atoms with Gasteiger partial charge in [-0.15, -0.1) is 6.58 Å². The van der Waals surface area contributed by atoms with Gasteiger partial charge in [0.25, 0.3) is 0 Å². The molecule has 0 bridgehead atoms. The van der Waals surface area contributed by atoms with E-state index in [1.165, 1.54) is 5.56 Å². The minimum atomic E-state index is -0.248. The third kappa shape index (κ3) is 3.77. The van der Waals surface area contributed by atoms with E-state index in [2.05, 4.69) is 17.2 Å². The van der Waals surface area contributed by atoms with Gasteiger partial charge in [-0.25, -0.2) is 0 Å². The molecule has 1 aromatic carbocycles. The molecule has 0 fully saturated rings. The Hall–Kier alpha value is -1.77. The summed E-state index contributed by atoms with van der Waals surface area (Å²) in [6, 6.07) is 7.70. The van der Waals surface area contributed by atoms with Crippen molar-refractivity contribution in [1.82, 2.24) is 5.32 Å². The first-order chi connectivity index (χ1) is 7.63. The Morgan fingerprint density at radius 3 is 2.62 bits per heavy atom. The van der Waals surface area contributed by atoms with Crippen LogP contribution in [0.5, 0.6) is 0 Å². The lowest BCUT2D eigenvalue weighted by Crippen LogP contribution is -2.37. The number of aryl methyl sites for hydroxylation is 1. The molecular formula is C13H18N2O. The van der Waals surface area contributed by atoms with Crippen LogP contribution in [-0.4, -0.2) is 18.5 Å². The molecule has 2 N–H and O–H groups in total. The summed E-state index contributed by atoms with van der Waals surface area (Å²) in [5, 5.41) is 5.88. The zero-order valence-corrected chi connectivity index (χ0v) is 9.79. The van der Waals surface area contributed by atoms with E-state index in [0.29, 0.717) is 6.54 Å². The van der Waals surface area contributed by atoms with Gasteiger partial charge in [0.05, 0.1) is 0 Å². The topological polar surface area (TPSA) is 41.1 Å². The Labute approximate surface area is 96.6 Å². The van der Waals surface area contributed by atoms with E-state index < -0.39 is 0 Å². The highest BCUT2D eigenvalue weighted by Gasteiger charge is 2.10. The van der Waals surface area contributed by atoms with Crippen molar-refractivity contribution in [2.75, 3.05) is 11.9 Å². The molecule has 0 aliphatic carbocycles. The third-order valence-corrected chi connectivity index (χ3v) is 2.25. The van der Waals surface area contributed by atoms with E-state index >= 15 is 0 Å². The van der Waals surface area contributed by atoms with Crippen LogP contribution in [-0.2, 0) is 4.79 Å². The summed E-state index contributed by atoms with van der Waals surface area (Å²) < 4.78 is 0. The van der Waals surface area contributed by atoms with Crippen molar-refractivity contribution in [1.29, 1.82) is 0 Å². The summed E-state index contributed by atoms with van der Waals surface area (Å²) in [6.45, 7) is 7.91. The molecule has 1 rings (SSSR count). The summed E-state index contributed by atoms with van der Waals surface area (Å²) >= 11 is 0. The summed E-state index contributed by atoms with van der Waals surface area (Å²) in [7, 11) is 0. The minimum Gasteiger partial charge on any atom is -0.374 e. The van der Waals surface area contributed by atoms with E-state index in [9.17, 15) is 4.79 Å². The maximum atomic E-state index is 11.6. The normalized spacial score (nSPS) is 11.6. The molecule has 0 aliphatic rings. The maximum absolute atomic E-state index is 11.6. The average Bonchev–Trinajstić information content (AvgIpc) is 2.29.